The number of amides is 1. The highest BCUT2D eigenvalue weighted by molar-refractivity contribution is 5.85. The molecule has 5 nitrogen and oxygen atoms in total. The van der Waals surface area contributed by atoms with E-state index in [4.69, 9.17) is 5.73 Å². The Balaban J connectivity index is 1.79. The number of aromatic nitrogens is 2. The third kappa shape index (κ3) is 2.14. The van der Waals surface area contributed by atoms with Crippen LogP contribution in [0, 0.1) is 0 Å². The van der Waals surface area contributed by atoms with Gasteiger partial charge in [0, 0.05) is 18.4 Å². The molecule has 2 aliphatic carbocycles. The van der Waals surface area contributed by atoms with E-state index in [1.54, 1.807) is 6.20 Å². The van der Waals surface area contributed by atoms with Crippen molar-refractivity contribution in [3.63, 3.8) is 0 Å². The maximum Gasteiger partial charge on any atom is 0.237 e. The highest BCUT2D eigenvalue weighted by Crippen LogP contribution is 2.37. The van der Waals surface area contributed by atoms with Crippen LogP contribution in [0.3, 0.4) is 0 Å². The normalized spacial score (nSPS) is 32.3. The average Bonchev–Trinajstić information content (AvgIpc) is 3.00. The van der Waals surface area contributed by atoms with E-state index >= 15 is 0 Å². The molecule has 0 aromatic carbocycles. The number of nitrogens with zero attached hydrogens (tertiary/aromatic N) is 2. The van der Waals surface area contributed by atoms with Crippen molar-refractivity contribution in [3.05, 3.63) is 18.5 Å². The van der Waals surface area contributed by atoms with Gasteiger partial charge in [-0.2, -0.15) is 5.10 Å². The Kier molecular flexibility index (Phi) is 2.86. The van der Waals surface area contributed by atoms with Crippen molar-refractivity contribution >= 4 is 5.91 Å². The molecule has 2 aliphatic rings. The van der Waals surface area contributed by atoms with E-state index in [0.717, 1.165) is 25.7 Å². The van der Waals surface area contributed by atoms with Crippen molar-refractivity contribution in [2.75, 3.05) is 0 Å². The smallest absolute Gasteiger partial charge is 0.237 e. The summed E-state index contributed by atoms with van der Waals surface area (Å²) in [5.74, 6) is -0.203. The summed E-state index contributed by atoms with van der Waals surface area (Å²) in [4.78, 5) is 11.9. The SMILES string of the molecule is NC(=O)C1(NC2CC2)CCCC(n2cccn2)C1. The molecule has 1 aromatic heterocycles. The zero-order valence-corrected chi connectivity index (χ0v) is 10.5. The van der Waals surface area contributed by atoms with Gasteiger partial charge in [-0.25, -0.2) is 0 Å². The molecule has 0 saturated heterocycles. The fourth-order valence-electron chi connectivity index (χ4n) is 3.01. The average molecular weight is 248 g/mol. The van der Waals surface area contributed by atoms with E-state index in [0.29, 0.717) is 6.04 Å². The molecule has 0 bridgehead atoms. The first-order valence-corrected chi connectivity index (χ1v) is 6.76. The molecule has 2 fully saturated rings. The van der Waals surface area contributed by atoms with Gasteiger partial charge in [-0.15, -0.1) is 0 Å². The Morgan fingerprint density at radius 1 is 1.44 bits per heavy atom. The lowest BCUT2D eigenvalue weighted by molar-refractivity contribution is -0.126. The van der Waals surface area contributed by atoms with Crippen molar-refractivity contribution in [2.24, 2.45) is 5.73 Å². The van der Waals surface area contributed by atoms with Crippen LogP contribution in [0.4, 0.5) is 0 Å². The zero-order valence-electron chi connectivity index (χ0n) is 10.5. The molecule has 3 N–H and O–H groups in total. The summed E-state index contributed by atoms with van der Waals surface area (Å²) >= 11 is 0. The van der Waals surface area contributed by atoms with Crippen LogP contribution >= 0.6 is 0 Å². The summed E-state index contributed by atoms with van der Waals surface area (Å²) in [6.45, 7) is 0. The van der Waals surface area contributed by atoms with Gasteiger partial charge in [0.2, 0.25) is 5.91 Å². The minimum absolute atomic E-state index is 0.203. The highest BCUT2D eigenvalue weighted by atomic mass is 16.1. The highest BCUT2D eigenvalue weighted by Gasteiger charge is 2.45. The Morgan fingerprint density at radius 2 is 2.28 bits per heavy atom. The molecule has 3 rings (SSSR count). The third-order valence-corrected chi connectivity index (χ3v) is 4.15. The number of hydrogen-bond donors (Lipinski definition) is 2. The molecule has 1 aromatic rings. The molecule has 1 amide bonds. The number of nitrogens with one attached hydrogen (secondary N) is 1. The van der Waals surface area contributed by atoms with E-state index < -0.39 is 5.54 Å². The molecule has 0 radical (unpaired) electrons. The quantitative estimate of drug-likeness (QED) is 0.834. The summed E-state index contributed by atoms with van der Waals surface area (Å²) in [5.41, 5.74) is 5.14. The van der Waals surface area contributed by atoms with Gasteiger partial charge < -0.3 is 11.1 Å². The van der Waals surface area contributed by atoms with Gasteiger partial charge in [-0.3, -0.25) is 9.48 Å². The number of rotatable bonds is 4. The maximum atomic E-state index is 11.9. The first-order valence-electron chi connectivity index (χ1n) is 6.76. The first-order chi connectivity index (χ1) is 8.70. The van der Waals surface area contributed by atoms with Crippen LogP contribution in [0.2, 0.25) is 0 Å². The summed E-state index contributed by atoms with van der Waals surface area (Å²) in [7, 11) is 0. The lowest BCUT2D eigenvalue weighted by atomic mass is 9.78. The predicted molar refractivity (Wildman–Crippen MR) is 67.8 cm³/mol. The number of carbonyl (C=O) groups excluding carboxylic acids is 1. The first kappa shape index (κ1) is 11.7. The summed E-state index contributed by atoms with van der Waals surface area (Å²) in [6.07, 6.45) is 9.81. The second-order valence-electron chi connectivity index (χ2n) is 5.60. The molecule has 0 spiro atoms. The van der Waals surface area contributed by atoms with Gasteiger partial charge in [0.1, 0.15) is 0 Å². The Labute approximate surface area is 107 Å². The van der Waals surface area contributed by atoms with Crippen molar-refractivity contribution in [3.8, 4) is 0 Å². The van der Waals surface area contributed by atoms with Gasteiger partial charge in [0.25, 0.3) is 0 Å². The Morgan fingerprint density at radius 3 is 2.89 bits per heavy atom. The van der Waals surface area contributed by atoms with E-state index in [-0.39, 0.29) is 11.9 Å². The molecule has 2 unspecified atom stereocenters. The molecular formula is C13H20N4O. The minimum Gasteiger partial charge on any atom is -0.368 e. The lowest BCUT2D eigenvalue weighted by Gasteiger charge is -2.39. The summed E-state index contributed by atoms with van der Waals surface area (Å²) < 4.78 is 1.96. The second kappa shape index (κ2) is 4.39. The van der Waals surface area contributed by atoms with Crippen molar-refractivity contribution in [1.82, 2.24) is 15.1 Å². The second-order valence-corrected chi connectivity index (χ2v) is 5.60. The van der Waals surface area contributed by atoms with Gasteiger partial charge in [-0.1, -0.05) is 0 Å². The number of hydrogen-bond acceptors (Lipinski definition) is 3. The minimum atomic E-state index is -0.518. The van der Waals surface area contributed by atoms with Crippen LogP contribution < -0.4 is 11.1 Å². The molecule has 2 saturated carbocycles. The van der Waals surface area contributed by atoms with Gasteiger partial charge in [-0.05, 0) is 44.6 Å². The Hall–Kier alpha value is -1.36. The van der Waals surface area contributed by atoms with Gasteiger partial charge >= 0.3 is 0 Å². The van der Waals surface area contributed by atoms with E-state index in [1.807, 2.05) is 16.9 Å². The summed E-state index contributed by atoms with van der Waals surface area (Å²) in [6, 6.07) is 2.70. The van der Waals surface area contributed by atoms with Gasteiger partial charge in [0.15, 0.2) is 0 Å². The van der Waals surface area contributed by atoms with Crippen LogP contribution in [-0.2, 0) is 4.79 Å². The molecule has 1 heterocycles. The maximum absolute atomic E-state index is 11.9. The lowest BCUT2D eigenvalue weighted by Crippen LogP contribution is -2.58. The van der Waals surface area contributed by atoms with Gasteiger partial charge in [0.05, 0.1) is 11.6 Å². The van der Waals surface area contributed by atoms with Crippen LogP contribution in [-0.4, -0.2) is 27.3 Å². The van der Waals surface area contributed by atoms with Crippen LogP contribution in [0.1, 0.15) is 44.6 Å². The van der Waals surface area contributed by atoms with Crippen molar-refractivity contribution < 1.29 is 4.79 Å². The topological polar surface area (TPSA) is 72.9 Å². The van der Waals surface area contributed by atoms with Crippen LogP contribution in [0.5, 0.6) is 0 Å². The van der Waals surface area contributed by atoms with E-state index in [9.17, 15) is 4.79 Å². The Bertz CT molecular complexity index is 426. The van der Waals surface area contributed by atoms with E-state index in [2.05, 4.69) is 10.4 Å². The molecule has 98 valence electrons. The standard InChI is InChI=1S/C13H20N4O/c14-12(18)13(16-10-4-5-10)6-1-3-11(9-13)17-8-2-7-15-17/h2,7-8,10-11,16H,1,3-6,9H2,(H2,14,18). The molecule has 0 aliphatic heterocycles. The van der Waals surface area contributed by atoms with Crippen molar-refractivity contribution in [2.45, 2.75) is 56.1 Å². The molecule has 18 heavy (non-hydrogen) atoms. The van der Waals surface area contributed by atoms with E-state index in [1.165, 1.54) is 12.8 Å². The number of carbonyl (C=O) groups is 1. The number of nitrogens with two attached hydrogens (primary N) is 1. The fourth-order valence-corrected chi connectivity index (χ4v) is 3.01. The largest absolute Gasteiger partial charge is 0.368 e. The molecule has 2 atom stereocenters. The summed E-state index contributed by atoms with van der Waals surface area (Å²) in [5, 5.41) is 7.78. The predicted octanol–water partition coefficient (Wildman–Crippen LogP) is 0.974. The molecule has 5 heteroatoms. The van der Waals surface area contributed by atoms with Crippen molar-refractivity contribution in [1.29, 1.82) is 0 Å². The van der Waals surface area contributed by atoms with Crippen LogP contribution in [0.25, 0.3) is 0 Å². The fraction of sp³-hybridized carbons (Fsp3) is 0.692. The monoisotopic (exact) mass is 248 g/mol. The van der Waals surface area contributed by atoms with Crippen LogP contribution in [0.15, 0.2) is 18.5 Å². The number of primary amides is 1. The third-order valence-electron chi connectivity index (χ3n) is 4.15. The molecular weight excluding hydrogens is 228 g/mol. The zero-order chi connectivity index (χ0) is 12.6.